The molecular formula is C15H32N2. The van der Waals surface area contributed by atoms with E-state index in [0.717, 1.165) is 18.5 Å². The third-order valence-corrected chi connectivity index (χ3v) is 4.60. The normalized spacial score (nSPS) is 29.6. The molecule has 1 aliphatic rings. The van der Waals surface area contributed by atoms with Crippen molar-refractivity contribution in [2.75, 3.05) is 13.6 Å². The zero-order chi connectivity index (χ0) is 13.1. The van der Waals surface area contributed by atoms with Crippen LogP contribution in [0.2, 0.25) is 0 Å². The minimum absolute atomic E-state index is 0.176. The van der Waals surface area contributed by atoms with Crippen LogP contribution in [0.3, 0.4) is 0 Å². The summed E-state index contributed by atoms with van der Waals surface area (Å²) in [6.07, 6.45) is 6.70. The van der Waals surface area contributed by atoms with Crippen molar-refractivity contribution in [2.45, 2.75) is 71.4 Å². The highest BCUT2D eigenvalue weighted by atomic mass is 15.2. The lowest BCUT2D eigenvalue weighted by Gasteiger charge is -2.46. The maximum Gasteiger partial charge on any atom is 0.0305 e. The second-order valence-corrected chi connectivity index (χ2v) is 6.84. The van der Waals surface area contributed by atoms with Gasteiger partial charge in [0.2, 0.25) is 0 Å². The third kappa shape index (κ3) is 3.96. The van der Waals surface area contributed by atoms with Crippen LogP contribution in [-0.2, 0) is 0 Å². The highest BCUT2D eigenvalue weighted by Crippen LogP contribution is 2.32. The monoisotopic (exact) mass is 240 g/mol. The molecule has 0 spiro atoms. The maximum atomic E-state index is 6.06. The first-order valence-corrected chi connectivity index (χ1v) is 7.32. The molecule has 2 heteroatoms. The standard InChI is InChI=1S/C15H32N2/c1-12(2)10-15(4,11-16)17(5)14-8-6-7-13(3)9-14/h12-14H,6-11,16H2,1-5H3. The molecule has 0 heterocycles. The number of nitrogens with two attached hydrogens (primary N) is 1. The van der Waals surface area contributed by atoms with Crippen LogP contribution in [0.1, 0.15) is 59.8 Å². The van der Waals surface area contributed by atoms with E-state index in [1.165, 1.54) is 32.1 Å². The van der Waals surface area contributed by atoms with E-state index < -0.39 is 0 Å². The molecule has 1 aliphatic carbocycles. The smallest absolute Gasteiger partial charge is 0.0305 e. The average Bonchev–Trinajstić information content (AvgIpc) is 2.27. The largest absolute Gasteiger partial charge is 0.329 e. The number of rotatable bonds is 5. The molecular weight excluding hydrogens is 208 g/mol. The maximum absolute atomic E-state index is 6.06. The first-order chi connectivity index (χ1) is 7.89. The molecule has 2 nitrogen and oxygen atoms in total. The van der Waals surface area contributed by atoms with Crippen LogP contribution >= 0.6 is 0 Å². The third-order valence-electron chi connectivity index (χ3n) is 4.60. The highest BCUT2D eigenvalue weighted by Gasteiger charge is 2.34. The summed E-state index contributed by atoms with van der Waals surface area (Å²) in [6.45, 7) is 10.1. The fraction of sp³-hybridized carbons (Fsp3) is 1.00. The fourth-order valence-electron chi connectivity index (χ4n) is 3.45. The first-order valence-electron chi connectivity index (χ1n) is 7.32. The molecule has 1 rings (SSSR count). The zero-order valence-corrected chi connectivity index (χ0v) is 12.5. The van der Waals surface area contributed by atoms with E-state index in [9.17, 15) is 0 Å². The molecule has 2 N–H and O–H groups in total. The summed E-state index contributed by atoms with van der Waals surface area (Å²) in [6, 6.07) is 0.742. The van der Waals surface area contributed by atoms with Gasteiger partial charge in [0.15, 0.2) is 0 Å². The van der Waals surface area contributed by atoms with Crippen LogP contribution in [0.15, 0.2) is 0 Å². The average molecular weight is 240 g/mol. The predicted molar refractivity (Wildman–Crippen MR) is 76.1 cm³/mol. The Hall–Kier alpha value is -0.0800. The van der Waals surface area contributed by atoms with Gasteiger partial charge in [0.05, 0.1) is 0 Å². The van der Waals surface area contributed by atoms with E-state index in [1.54, 1.807) is 0 Å². The fourth-order valence-corrected chi connectivity index (χ4v) is 3.45. The van der Waals surface area contributed by atoms with Gasteiger partial charge >= 0.3 is 0 Å². The van der Waals surface area contributed by atoms with Gasteiger partial charge in [-0.15, -0.1) is 0 Å². The Labute approximate surface area is 108 Å². The van der Waals surface area contributed by atoms with E-state index >= 15 is 0 Å². The second kappa shape index (κ2) is 6.19. The van der Waals surface area contributed by atoms with Crippen molar-refractivity contribution in [1.29, 1.82) is 0 Å². The van der Waals surface area contributed by atoms with Gasteiger partial charge in [0.1, 0.15) is 0 Å². The van der Waals surface area contributed by atoms with Gasteiger partial charge in [0.25, 0.3) is 0 Å². The highest BCUT2D eigenvalue weighted by molar-refractivity contribution is 4.91. The lowest BCUT2D eigenvalue weighted by atomic mass is 9.82. The Bertz CT molecular complexity index is 227. The molecule has 3 atom stereocenters. The summed E-state index contributed by atoms with van der Waals surface area (Å²) >= 11 is 0. The Morgan fingerprint density at radius 1 is 1.35 bits per heavy atom. The Balaban J connectivity index is 2.66. The summed E-state index contributed by atoms with van der Waals surface area (Å²) < 4.78 is 0. The number of nitrogens with zero attached hydrogens (tertiary/aromatic N) is 1. The van der Waals surface area contributed by atoms with Gasteiger partial charge in [-0.1, -0.05) is 33.6 Å². The van der Waals surface area contributed by atoms with Gasteiger partial charge in [-0.2, -0.15) is 0 Å². The lowest BCUT2D eigenvalue weighted by molar-refractivity contribution is 0.0447. The van der Waals surface area contributed by atoms with E-state index in [0.29, 0.717) is 5.92 Å². The summed E-state index contributed by atoms with van der Waals surface area (Å²) in [7, 11) is 2.29. The van der Waals surface area contributed by atoms with Crippen molar-refractivity contribution in [1.82, 2.24) is 4.90 Å². The van der Waals surface area contributed by atoms with Crippen LogP contribution in [0.25, 0.3) is 0 Å². The SMILES string of the molecule is CC(C)CC(C)(CN)N(C)C1CCCC(C)C1. The first kappa shape index (κ1) is 15.0. The van der Waals surface area contributed by atoms with Crippen LogP contribution in [0.4, 0.5) is 0 Å². The van der Waals surface area contributed by atoms with Crippen molar-refractivity contribution in [3.63, 3.8) is 0 Å². The Morgan fingerprint density at radius 3 is 2.47 bits per heavy atom. The van der Waals surface area contributed by atoms with Gasteiger partial charge in [0, 0.05) is 18.1 Å². The molecule has 0 radical (unpaired) electrons. The zero-order valence-electron chi connectivity index (χ0n) is 12.5. The molecule has 0 aromatic heterocycles. The van der Waals surface area contributed by atoms with E-state index in [1.807, 2.05) is 0 Å². The van der Waals surface area contributed by atoms with Crippen LogP contribution in [0, 0.1) is 11.8 Å². The summed E-state index contributed by atoms with van der Waals surface area (Å²) in [4.78, 5) is 2.59. The Morgan fingerprint density at radius 2 is 2.00 bits per heavy atom. The van der Waals surface area contributed by atoms with Crippen molar-refractivity contribution in [2.24, 2.45) is 17.6 Å². The molecule has 0 saturated heterocycles. The predicted octanol–water partition coefficient (Wildman–Crippen LogP) is 3.26. The molecule has 102 valence electrons. The van der Waals surface area contributed by atoms with Gasteiger partial charge < -0.3 is 5.73 Å². The quantitative estimate of drug-likeness (QED) is 0.799. The van der Waals surface area contributed by atoms with E-state index in [-0.39, 0.29) is 5.54 Å². The van der Waals surface area contributed by atoms with Gasteiger partial charge in [-0.05, 0) is 45.1 Å². The van der Waals surface area contributed by atoms with Gasteiger partial charge in [-0.25, -0.2) is 0 Å². The summed E-state index contributed by atoms with van der Waals surface area (Å²) in [5, 5.41) is 0. The molecule has 0 aromatic rings. The molecule has 0 bridgehead atoms. The summed E-state index contributed by atoms with van der Waals surface area (Å²) in [5.74, 6) is 1.60. The van der Waals surface area contributed by atoms with E-state index in [2.05, 4.69) is 39.6 Å². The van der Waals surface area contributed by atoms with Gasteiger partial charge in [-0.3, -0.25) is 4.90 Å². The number of hydrogen-bond donors (Lipinski definition) is 1. The van der Waals surface area contributed by atoms with Crippen molar-refractivity contribution < 1.29 is 0 Å². The summed E-state index contributed by atoms with van der Waals surface area (Å²) in [5.41, 5.74) is 6.23. The molecule has 17 heavy (non-hydrogen) atoms. The topological polar surface area (TPSA) is 29.3 Å². The lowest BCUT2D eigenvalue weighted by Crippen LogP contribution is -2.55. The minimum atomic E-state index is 0.176. The molecule has 0 aromatic carbocycles. The van der Waals surface area contributed by atoms with Crippen LogP contribution in [0.5, 0.6) is 0 Å². The van der Waals surface area contributed by atoms with E-state index in [4.69, 9.17) is 5.73 Å². The van der Waals surface area contributed by atoms with Crippen molar-refractivity contribution >= 4 is 0 Å². The number of hydrogen-bond acceptors (Lipinski definition) is 2. The number of likely N-dealkylation sites (N-methyl/N-ethyl adjacent to an activating group) is 1. The molecule has 3 unspecified atom stereocenters. The molecule has 1 fully saturated rings. The van der Waals surface area contributed by atoms with Crippen molar-refractivity contribution in [3.05, 3.63) is 0 Å². The van der Waals surface area contributed by atoms with Crippen molar-refractivity contribution in [3.8, 4) is 0 Å². The molecule has 0 aliphatic heterocycles. The Kier molecular flexibility index (Phi) is 5.46. The second-order valence-electron chi connectivity index (χ2n) is 6.84. The minimum Gasteiger partial charge on any atom is -0.329 e. The molecule has 1 saturated carbocycles. The molecule has 0 amide bonds. The van der Waals surface area contributed by atoms with Crippen LogP contribution < -0.4 is 5.73 Å². The van der Waals surface area contributed by atoms with Crippen LogP contribution in [-0.4, -0.2) is 30.1 Å².